The molecule has 0 N–H and O–H groups in total. The molecular weight excluding hydrogens is 266 g/mol. The van der Waals surface area contributed by atoms with Gasteiger partial charge in [-0.2, -0.15) is 5.26 Å². The Balaban J connectivity index is 1.69. The van der Waals surface area contributed by atoms with Crippen LogP contribution in [0.5, 0.6) is 5.75 Å². The molecule has 0 saturated carbocycles. The molecule has 1 aliphatic heterocycles. The van der Waals surface area contributed by atoms with Crippen molar-refractivity contribution in [1.29, 1.82) is 5.26 Å². The van der Waals surface area contributed by atoms with Gasteiger partial charge < -0.3 is 9.64 Å². The topological polar surface area (TPSA) is 56.6 Å². The van der Waals surface area contributed by atoms with Crippen molar-refractivity contribution in [2.45, 2.75) is 12.8 Å². The largest absolute Gasteiger partial charge is 0.494 e. The molecule has 1 amide bonds. The van der Waals surface area contributed by atoms with E-state index in [4.69, 9.17) is 10.00 Å². The summed E-state index contributed by atoms with van der Waals surface area (Å²) < 4.78 is 5.64. The van der Waals surface area contributed by atoms with Gasteiger partial charge in [0, 0.05) is 26.7 Å². The average Bonchev–Trinajstić information content (AvgIpc) is 2.66. The lowest BCUT2D eigenvalue weighted by Crippen LogP contribution is -2.35. The summed E-state index contributed by atoms with van der Waals surface area (Å²) in [6, 6.07) is 9.19. The molecule has 0 radical (unpaired) electrons. The Bertz CT molecular complexity index is 507. The Morgan fingerprint density at radius 1 is 1.29 bits per heavy atom. The summed E-state index contributed by atoms with van der Waals surface area (Å²) in [5, 5.41) is 8.72. The van der Waals surface area contributed by atoms with E-state index in [0.717, 1.165) is 38.2 Å². The number of rotatable bonds is 5. The van der Waals surface area contributed by atoms with Crippen LogP contribution in [0.15, 0.2) is 24.3 Å². The van der Waals surface area contributed by atoms with E-state index < -0.39 is 0 Å². The highest BCUT2D eigenvalue weighted by Crippen LogP contribution is 2.12. The maximum Gasteiger partial charge on any atom is 0.236 e. The Labute approximate surface area is 125 Å². The maximum absolute atomic E-state index is 11.8. The molecule has 0 spiro atoms. The van der Waals surface area contributed by atoms with Crippen LogP contribution in [0.3, 0.4) is 0 Å². The van der Waals surface area contributed by atoms with Crippen molar-refractivity contribution in [2.75, 3.05) is 39.8 Å². The summed E-state index contributed by atoms with van der Waals surface area (Å²) in [5.41, 5.74) is 0.634. The number of hydrogen-bond acceptors (Lipinski definition) is 4. The van der Waals surface area contributed by atoms with Gasteiger partial charge in [0.05, 0.1) is 24.8 Å². The highest BCUT2D eigenvalue weighted by atomic mass is 16.5. The van der Waals surface area contributed by atoms with Crippen molar-refractivity contribution >= 4 is 5.91 Å². The van der Waals surface area contributed by atoms with Crippen molar-refractivity contribution in [2.24, 2.45) is 0 Å². The van der Waals surface area contributed by atoms with Crippen molar-refractivity contribution in [3.8, 4) is 11.8 Å². The van der Waals surface area contributed by atoms with Crippen LogP contribution in [0.25, 0.3) is 0 Å². The summed E-state index contributed by atoms with van der Waals surface area (Å²) in [5.74, 6) is 0.973. The zero-order valence-electron chi connectivity index (χ0n) is 12.4. The number of hydrogen-bond donors (Lipinski definition) is 0. The van der Waals surface area contributed by atoms with Gasteiger partial charge in [-0.15, -0.1) is 0 Å². The summed E-state index contributed by atoms with van der Waals surface area (Å²) in [6.45, 7) is 3.81. The maximum atomic E-state index is 11.8. The first-order valence-electron chi connectivity index (χ1n) is 7.28. The third-order valence-electron chi connectivity index (χ3n) is 3.62. The summed E-state index contributed by atoms with van der Waals surface area (Å²) in [4.78, 5) is 15.8. The minimum atomic E-state index is 0.195. The molecule has 2 rings (SSSR count). The first-order valence-corrected chi connectivity index (χ1v) is 7.28. The third-order valence-corrected chi connectivity index (χ3v) is 3.62. The van der Waals surface area contributed by atoms with Gasteiger partial charge >= 0.3 is 0 Å². The van der Waals surface area contributed by atoms with Crippen LogP contribution < -0.4 is 4.74 Å². The number of benzene rings is 1. The fraction of sp³-hybridized carbons (Fsp3) is 0.500. The number of ether oxygens (including phenoxy) is 1. The lowest BCUT2D eigenvalue weighted by Gasteiger charge is -2.19. The van der Waals surface area contributed by atoms with E-state index in [9.17, 15) is 4.79 Å². The molecule has 5 heteroatoms. The number of carbonyl (C=O) groups is 1. The molecule has 21 heavy (non-hydrogen) atoms. The Hall–Kier alpha value is -2.06. The Kier molecular flexibility index (Phi) is 5.59. The van der Waals surface area contributed by atoms with E-state index in [-0.39, 0.29) is 5.91 Å². The van der Waals surface area contributed by atoms with E-state index >= 15 is 0 Å². The molecule has 1 aromatic rings. The van der Waals surface area contributed by atoms with Gasteiger partial charge in [0.15, 0.2) is 0 Å². The number of carbonyl (C=O) groups excluding carboxylic acids is 1. The van der Waals surface area contributed by atoms with E-state index in [1.165, 1.54) is 0 Å². The molecule has 0 atom stereocenters. The molecule has 1 heterocycles. The fourth-order valence-corrected chi connectivity index (χ4v) is 2.34. The zero-order valence-corrected chi connectivity index (χ0v) is 12.4. The van der Waals surface area contributed by atoms with Gasteiger partial charge in [0.2, 0.25) is 5.91 Å². The molecule has 1 aliphatic rings. The lowest BCUT2D eigenvalue weighted by molar-refractivity contribution is -0.129. The van der Waals surface area contributed by atoms with E-state index in [1.54, 1.807) is 17.0 Å². The summed E-state index contributed by atoms with van der Waals surface area (Å²) >= 11 is 0. The van der Waals surface area contributed by atoms with Crippen LogP contribution in [0, 0.1) is 11.3 Å². The molecule has 112 valence electrons. The quantitative estimate of drug-likeness (QED) is 0.770. The van der Waals surface area contributed by atoms with Crippen molar-refractivity contribution < 1.29 is 9.53 Å². The van der Waals surface area contributed by atoms with Gasteiger partial charge in [-0.1, -0.05) is 0 Å². The second-order valence-electron chi connectivity index (χ2n) is 5.28. The van der Waals surface area contributed by atoms with Gasteiger partial charge in [0.1, 0.15) is 5.75 Å². The molecule has 0 aliphatic carbocycles. The zero-order chi connectivity index (χ0) is 15.1. The number of nitriles is 1. The highest BCUT2D eigenvalue weighted by molar-refractivity contribution is 5.78. The predicted molar refractivity (Wildman–Crippen MR) is 80.0 cm³/mol. The standard InChI is InChI=1S/C16H21N3O2/c1-18-8-2-9-19(13-16(18)20)10-3-11-21-15-6-4-14(12-17)5-7-15/h4-7H,2-3,8-11,13H2,1H3. The van der Waals surface area contributed by atoms with Crippen molar-refractivity contribution in [1.82, 2.24) is 9.80 Å². The normalized spacial score (nSPS) is 16.4. The van der Waals surface area contributed by atoms with Gasteiger partial charge in [-0.3, -0.25) is 9.69 Å². The molecule has 1 saturated heterocycles. The van der Waals surface area contributed by atoms with Gasteiger partial charge in [-0.05, 0) is 37.1 Å². The third kappa shape index (κ3) is 4.76. The molecule has 5 nitrogen and oxygen atoms in total. The number of amides is 1. The molecule has 1 aromatic carbocycles. The molecule has 1 fully saturated rings. The van der Waals surface area contributed by atoms with Gasteiger partial charge in [-0.25, -0.2) is 0 Å². The second kappa shape index (κ2) is 7.65. The van der Waals surface area contributed by atoms with Crippen LogP contribution in [0.1, 0.15) is 18.4 Å². The van der Waals surface area contributed by atoms with E-state index in [2.05, 4.69) is 11.0 Å². The van der Waals surface area contributed by atoms with Crippen LogP contribution in [0.2, 0.25) is 0 Å². The van der Waals surface area contributed by atoms with Crippen LogP contribution >= 0.6 is 0 Å². The smallest absolute Gasteiger partial charge is 0.236 e. The van der Waals surface area contributed by atoms with Gasteiger partial charge in [0.25, 0.3) is 0 Å². The summed E-state index contributed by atoms with van der Waals surface area (Å²) in [6.07, 6.45) is 1.91. The molecule has 0 bridgehead atoms. The van der Waals surface area contributed by atoms with Crippen LogP contribution in [-0.4, -0.2) is 55.5 Å². The Morgan fingerprint density at radius 3 is 2.76 bits per heavy atom. The number of nitrogens with zero attached hydrogens (tertiary/aromatic N) is 3. The first-order chi connectivity index (χ1) is 10.2. The molecular formula is C16H21N3O2. The minimum Gasteiger partial charge on any atom is -0.494 e. The Morgan fingerprint density at radius 2 is 2.05 bits per heavy atom. The lowest BCUT2D eigenvalue weighted by atomic mass is 10.2. The molecule has 0 unspecified atom stereocenters. The average molecular weight is 287 g/mol. The second-order valence-corrected chi connectivity index (χ2v) is 5.28. The van der Waals surface area contributed by atoms with Crippen LogP contribution in [0.4, 0.5) is 0 Å². The predicted octanol–water partition coefficient (Wildman–Crippen LogP) is 1.49. The van der Waals surface area contributed by atoms with Crippen molar-refractivity contribution in [3.05, 3.63) is 29.8 Å². The fourth-order valence-electron chi connectivity index (χ4n) is 2.34. The molecule has 0 aromatic heterocycles. The van der Waals surface area contributed by atoms with E-state index in [0.29, 0.717) is 18.7 Å². The first kappa shape index (κ1) is 15.3. The SMILES string of the molecule is CN1CCCN(CCCOc2ccc(C#N)cc2)CC1=O. The number of likely N-dealkylation sites (N-methyl/N-ethyl adjacent to an activating group) is 1. The van der Waals surface area contributed by atoms with Crippen molar-refractivity contribution in [3.63, 3.8) is 0 Å². The van der Waals surface area contributed by atoms with Crippen LogP contribution in [-0.2, 0) is 4.79 Å². The monoisotopic (exact) mass is 287 g/mol. The highest BCUT2D eigenvalue weighted by Gasteiger charge is 2.18. The van der Waals surface area contributed by atoms with E-state index in [1.807, 2.05) is 19.2 Å². The minimum absolute atomic E-state index is 0.195. The summed E-state index contributed by atoms with van der Waals surface area (Å²) in [7, 11) is 1.86.